The Kier molecular flexibility index (Phi) is 7.37. The third kappa shape index (κ3) is 4.97. The van der Waals surface area contributed by atoms with Crippen molar-refractivity contribution in [3.63, 3.8) is 0 Å². The van der Waals surface area contributed by atoms with Crippen molar-refractivity contribution >= 4 is 63.5 Å². The van der Waals surface area contributed by atoms with Gasteiger partial charge in [-0.15, -0.1) is 0 Å². The number of para-hydroxylation sites is 4. The van der Waals surface area contributed by atoms with Gasteiger partial charge in [0.05, 0.1) is 34.3 Å². The smallest absolute Gasteiger partial charge is 0.330 e. The number of rotatable bonds is 3. The first-order chi connectivity index (χ1) is 20.4. The van der Waals surface area contributed by atoms with Gasteiger partial charge in [-0.1, -0.05) is 84.4 Å². The van der Waals surface area contributed by atoms with Gasteiger partial charge in [0.1, 0.15) is 6.04 Å². The van der Waals surface area contributed by atoms with E-state index in [0.717, 1.165) is 5.56 Å². The Morgan fingerprint density at radius 2 is 1.31 bits per heavy atom. The molecule has 9 heteroatoms. The zero-order valence-electron chi connectivity index (χ0n) is 22.5. The fraction of sp³-hybridized carbons (Fsp3) is 0.121. The number of anilines is 4. The summed E-state index contributed by atoms with van der Waals surface area (Å²) in [6.07, 6.45) is 1.80. The van der Waals surface area contributed by atoms with E-state index in [1.165, 1.54) is 14.7 Å². The highest BCUT2D eigenvalue weighted by molar-refractivity contribution is 6.52. The monoisotopic (exact) mass is 578 g/mol. The minimum Gasteiger partial charge on any atom is -0.480 e. The average Bonchev–Trinajstić information content (AvgIpc) is 3.15. The van der Waals surface area contributed by atoms with Gasteiger partial charge in [-0.25, -0.2) is 14.4 Å². The van der Waals surface area contributed by atoms with Crippen LogP contribution in [0.15, 0.2) is 109 Å². The van der Waals surface area contributed by atoms with E-state index in [-0.39, 0.29) is 25.7 Å². The quantitative estimate of drug-likeness (QED) is 0.283. The van der Waals surface area contributed by atoms with Crippen molar-refractivity contribution in [2.45, 2.75) is 6.04 Å². The lowest BCUT2D eigenvalue weighted by Gasteiger charge is -2.42. The number of urea groups is 2. The SMILES string of the molecule is O=C(O)[C@@H]1CN(C(=O)N(c2ccccc2)c2ccccc2)CCN1C(=O)N1c2ccccc2C=C(Cl)c2ccccc21. The van der Waals surface area contributed by atoms with Crippen LogP contribution in [0.1, 0.15) is 11.1 Å². The van der Waals surface area contributed by atoms with Crippen LogP contribution < -0.4 is 9.80 Å². The van der Waals surface area contributed by atoms with Crippen LogP contribution in [0.5, 0.6) is 0 Å². The summed E-state index contributed by atoms with van der Waals surface area (Å²) >= 11 is 6.67. The molecule has 1 saturated heterocycles. The summed E-state index contributed by atoms with van der Waals surface area (Å²) in [5.41, 5.74) is 3.84. The molecule has 1 atom stereocenters. The molecular weight excluding hydrogens is 552 g/mol. The number of halogens is 1. The molecule has 4 amide bonds. The molecule has 4 aromatic carbocycles. The maximum absolute atomic E-state index is 14.3. The lowest BCUT2D eigenvalue weighted by Crippen LogP contribution is -2.62. The van der Waals surface area contributed by atoms with Crippen LogP contribution in [0.4, 0.5) is 32.3 Å². The molecule has 6 rings (SSSR count). The number of benzene rings is 4. The lowest BCUT2D eigenvalue weighted by molar-refractivity contribution is -0.143. The van der Waals surface area contributed by atoms with Gasteiger partial charge >= 0.3 is 18.0 Å². The molecule has 2 heterocycles. The molecule has 8 nitrogen and oxygen atoms in total. The molecule has 0 radical (unpaired) electrons. The van der Waals surface area contributed by atoms with Gasteiger partial charge in [0.2, 0.25) is 0 Å². The zero-order chi connectivity index (χ0) is 29.2. The van der Waals surface area contributed by atoms with Crippen molar-refractivity contribution in [2.24, 2.45) is 0 Å². The molecule has 0 aliphatic carbocycles. The molecule has 4 aromatic rings. The molecule has 1 fully saturated rings. The van der Waals surface area contributed by atoms with Gasteiger partial charge in [0.15, 0.2) is 0 Å². The minimum atomic E-state index is -1.27. The second-order valence-electron chi connectivity index (χ2n) is 9.97. The fourth-order valence-corrected chi connectivity index (χ4v) is 5.70. The molecule has 1 N–H and O–H groups in total. The molecule has 2 aliphatic rings. The number of carboxylic acids is 1. The second-order valence-corrected chi connectivity index (χ2v) is 10.4. The number of nitrogens with zero attached hydrogens (tertiary/aromatic N) is 4. The van der Waals surface area contributed by atoms with Gasteiger partial charge in [0.25, 0.3) is 0 Å². The normalized spacial score (nSPS) is 16.1. The largest absolute Gasteiger partial charge is 0.480 e. The van der Waals surface area contributed by atoms with Crippen molar-refractivity contribution < 1.29 is 19.5 Å². The lowest BCUT2D eigenvalue weighted by atomic mass is 10.1. The summed E-state index contributed by atoms with van der Waals surface area (Å²) in [4.78, 5) is 46.8. The van der Waals surface area contributed by atoms with E-state index in [4.69, 9.17) is 11.6 Å². The highest BCUT2D eigenvalue weighted by Crippen LogP contribution is 2.42. The van der Waals surface area contributed by atoms with Crippen LogP contribution in [0.3, 0.4) is 0 Å². The van der Waals surface area contributed by atoms with Crippen LogP contribution in [-0.2, 0) is 4.79 Å². The van der Waals surface area contributed by atoms with Gasteiger partial charge in [-0.2, -0.15) is 0 Å². The van der Waals surface area contributed by atoms with E-state index in [2.05, 4.69) is 0 Å². The predicted molar refractivity (Wildman–Crippen MR) is 164 cm³/mol. The van der Waals surface area contributed by atoms with Gasteiger partial charge < -0.3 is 14.9 Å². The Labute approximate surface area is 248 Å². The number of fused-ring (bicyclic) bond motifs is 2. The zero-order valence-corrected chi connectivity index (χ0v) is 23.3. The minimum absolute atomic E-state index is 0.0287. The summed E-state index contributed by atoms with van der Waals surface area (Å²) in [5.74, 6) is -1.20. The third-order valence-corrected chi connectivity index (χ3v) is 7.77. The molecule has 42 heavy (non-hydrogen) atoms. The highest BCUT2D eigenvalue weighted by atomic mass is 35.5. The molecule has 0 saturated carbocycles. The highest BCUT2D eigenvalue weighted by Gasteiger charge is 2.41. The first kappa shape index (κ1) is 27.1. The molecule has 0 bridgehead atoms. The van der Waals surface area contributed by atoms with Crippen molar-refractivity contribution in [1.82, 2.24) is 9.80 Å². The summed E-state index contributed by atoms with van der Waals surface area (Å²) in [6, 6.07) is 30.9. The first-order valence-corrected chi connectivity index (χ1v) is 13.9. The predicted octanol–water partition coefficient (Wildman–Crippen LogP) is 7.02. The van der Waals surface area contributed by atoms with E-state index in [1.54, 1.807) is 17.0 Å². The number of hydrogen-bond donors (Lipinski definition) is 1. The van der Waals surface area contributed by atoms with Crippen LogP contribution in [0, 0.1) is 0 Å². The first-order valence-electron chi connectivity index (χ1n) is 13.5. The van der Waals surface area contributed by atoms with E-state index in [1.807, 2.05) is 103 Å². The number of carbonyl (C=O) groups is 3. The standard InChI is InChI=1S/C33H27ClN4O4/c34-27-21-23-11-7-9-17-28(23)38(29-18-10-8-16-26(27)29)33(42)36-20-19-35(22-30(36)31(39)40)32(41)37(24-12-3-1-4-13-24)25-14-5-2-6-15-25/h1-18,21,30H,19-20,22H2,(H,39,40)/t30-/m0/s1. The van der Waals surface area contributed by atoms with Crippen LogP contribution in [0.2, 0.25) is 0 Å². The molecule has 0 spiro atoms. The van der Waals surface area contributed by atoms with Crippen molar-refractivity contribution in [1.29, 1.82) is 0 Å². The Morgan fingerprint density at radius 1 is 0.738 bits per heavy atom. The molecule has 0 aromatic heterocycles. The van der Waals surface area contributed by atoms with E-state index in [0.29, 0.717) is 33.3 Å². The maximum atomic E-state index is 14.3. The number of hydrogen-bond acceptors (Lipinski definition) is 3. The molecule has 210 valence electrons. The van der Waals surface area contributed by atoms with E-state index < -0.39 is 18.0 Å². The number of piperazine rings is 1. The number of carboxylic acid groups (broad SMARTS) is 1. The van der Waals surface area contributed by atoms with Crippen LogP contribution in [0.25, 0.3) is 11.1 Å². The number of aliphatic carboxylic acids is 1. The Bertz CT molecular complexity index is 1640. The van der Waals surface area contributed by atoms with Crippen molar-refractivity contribution in [3.05, 3.63) is 120 Å². The van der Waals surface area contributed by atoms with Gasteiger partial charge in [0, 0.05) is 24.2 Å². The Balaban J connectivity index is 1.33. The summed E-state index contributed by atoms with van der Waals surface area (Å²) < 4.78 is 0. The van der Waals surface area contributed by atoms with E-state index >= 15 is 0 Å². The molecular formula is C33H27ClN4O4. The average molecular weight is 579 g/mol. The second kappa shape index (κ2) is 11.4. The van der Waals surface area contributed by atoms with Crippen LogP contribution in [-0.4, -0.2) is 58.6 Å². The third-order valence-electron chi connectivity index (χ3n) is 7.46. The van der Waals surface area contributed by atoms with Gasteiger partial charge in [-0.3, -0.25) is 9.80 Å². The Morgan fingerprint density at radius 3 is 1.95 bits per heavy atom. The van der Waals surface area contributed by atoms with Crippen LogP contribution >= 0.6 is 11.6 Å². The van der Waals surface area contributed by atoms with Crippen molar-refractivity contribution in [3.8, 4) is 0 Å². The molecule has 0 unspecified atom stereocenters. The number of amides is 4. The summed E-state index contributed by atoms with van der Waals surface area (Å²) in [7, 11) is 0. The Hall–Kier alpha value is -5.08. The fourth-order valence-electron chi connectivity index (χ4n) is 5.42. The molecule has 2 aliphatic heterocycles. The van der Waals surface area contributed by atoms with Crippen molar-refractivity contribution in [2.75, 3.05) is 29.4 Å². The van der Waals surface area contributed by atoms with Gasteiger partial charge in [-0.05, 0) is 42.5 Å². The number of carbonyl (C=O) groups excluding carboxylic acids is 2. The van der Waals surface area contributed by atoms with E-state index in [9.17, 15) is 19.5 Å². The topological polar surface area (TPSA) is 84.4 Å². The maximum Gasteiger partial charge on any atom is 0.330 e. The summed E-state index contributed by atoms with van der Waals surface area (Å²) in [6.45, 7) is 0.00777. The summed E-state index contributed by atoms with van der Waals surface area (Å²) in [5, 5.41) is 10.8.